The summed E-state index contributed by atoms with van der Waals surface area (Å²) < 4.78 is 27.6. The maximum atomic E-state index is 11.6. The van der Waals surface area contributed by atoms with Gasteiger partial charge in [-0.3, -0.25) is 4.79 Å². The maximum Gasteiger partial charge on any atom is 0.322 e. The van der Waals surface area contributed by atoms with Crippen LogP contribution in [-0.4, -0.2) is 32.1 Å². The average Bonchev–Trinajstić information content (AvgIpc) is 2.36. The first-order chi connectivity index (χ1) is 8.94. The molecular formula is C12H18N2O4S. The largest absolute Gasteiger partial charge is 0.480 e. The molecule has 106 valence electrons. The lowest BCUT2D eigenvalue weighted by Crippen LogP contribution is -2.47. The minimum absolute atomic E-state index is 0.100. The smallest absolute Gasteiger partial charge is 0.322 e. The van der Waals surface area contributed by atoms with Crippen molar-refractivity contribution in [2.24, 2.45) is 0 Å². The average molecular weight is 286 g/mol. The Balaban J connectivity index is 2.71. The van der Waals surface area contributed by atoms with Crippen LogP contribution in [0.25, 0.3) is 0 Å². The van der Waals surface area contributed by atoms with Crippen molar-refractivity contribution in [1.29, 1.82) is 0 Å². The molecule has 0 bridgehead atoms. The van der Waals surface area contributed by atoms with E-state index in [4.69, 9.17) is 5.11 Å². The molecule has 0 aliphatic rings. The number of nitrogens with one attached hydrogen (secondary N) is 2. The van der Waals surface area contributed by atoms with Gasteiger partial charge < -0.3 is 5.11 Å². The third-order valence-corrected chi connectivity index (χ3v) is 3.60. The number of carboxylic acid groups (broad SMARTS) is 1. The van der Waals surface area contributed by atoms with Crippen molar-refractivity contribution >= 4 is 16.2 Å². The van der Waals surface area contributed by atoms with E-state index in [0.717, 1.165) is 5.56 Å². The number of carboxylic acids is 1. The predicted octanol–water partition coefficient (Wildman–Crippen LogP) is 0.516. The van der Waals surface area contributed by atoms with Gasteiger partial charge in [-0.15, -0.1) is 0 Å². The lowest BCUT2D eigenvalue weighted by atomic mass is 10.1. The van der Waals surface area contributed by atoms with Crippen LogP contribution in [0.2, 0.25) is 0 Å². The van der Waals surface area contributed by atoms with Crippen molar-refractivity contribution in [2.45, 2.75) is 25.8 Å². The molecule has 7 heteroatoms. The van der Waals surface area contributed by atoms with Crippen LogP contribution in [0.4, 0.5) is 0 Å². The summed E-state index contributed by atoms with van der Waals surface area (Å²) in [6, 6.07) is 7.69. The van der Waals surface area contributed by atoms with Gasteiger partial charge in [0.1, 0.15) is 6.04 Å². The van der Waals surface area contributed by atoms with Crippen LogP contribution in [0.15, 0.2) is 30.3 Å². The summed E-state index contributed by atoms with van der Waals surface area (Å²) in [5.74, 6) is -1.20. The highest BCUT2D eigenvalue weighted by Crippen LogP contribution is 2.04. The Labute approximate surface area is 113 Å². The summed E-state index contributed by atoms with van der Waals surface area (Å²) in [5.41, 5.74) is 0.757. The highest BCUT2D eigenvalue weighted by molar-refractivity contribution is 7.87. The Morgan fingerprint density at radius 1 is 1.32 bits per heavy atom. The monoisotopic (exact) mass is 286 g/mol. The molecule has 1 unspecified atom stereocenters. The fraction of sp³-hybridized carbons (Fsp3) is 0.417. The van der Waals surface area contributed by atoms with Crippen LogP contribution in [-0.2, 0) is 21.4 Å². The molecule has 0 aromatic heterocycles. The van der Waals surface area contributed by atoms with E-state index in [2.05, 4.69) is 9.44 Å². The summed E-state index contributed by atoms with van der Waals surface area (Å²) in [7, 11) is -3.79. The van der Waals surface area contributed by atoms with Gasteiger partial charge in [0, 0.05) is 6.54 Å². The van der Waals surface area contributed by atoms with E-state index in [9.17, 15) is 13.2 Å². The molecule has 1 rings (SSSR count). The summed E-state index contributed by atoms with van der Waals surface area (Å²) >= 11 is 0. The summed E-state index contributed by atoms with van der Waals surface area (Å²) in [4.78, 5) is 11.1. The number of hydrogen-bond donors (Lipinski definition) is 3. The van der Waals surface area contributed by atoms with Crippen LogP contribution in [0.1, 0.15) is 18.9 Å². The highest BCUT2D eigenvalue weighted by atomic mass is 32.2. The molecule has 0 radical (unpaired) electrons. The van der Waals surface area contributed by atoms with Crippen LogP contribution in [0.5, 0.6) is 0 Å². The van der Waals surface area contributed by atoms with E-state index in [1.807, 2.05) is 13.0 Å². The zero-order valence-corrected chi connectivity index (χ0v) is 11.5. The van der Waals surface area contributed by atoms with E-state index in [0.29, 0.717) is 6.42 Å². The molecule has 6 nitrogen and oxygen atoms in total. The van der Waals surface area contributed by atoms with Gasteiger partial charge in [0.05, 0.1) is 0 Å². The minimum Gasteiger partial charge on any atom is -0.480 e. The minimum atomic E-state index is -3.79. The molecule has 0 aliphatic heterocycles. The zero-order valence-electron chi connectivity index (χ0n) is 10.7. The van der Waals surface area contributed by atoms with Gasteiger partial charge in [0.15, 0.2) is 0 Å². The molecule has 0 saturated heterocycles. The van der Waals surface area contributed by atoms with Crippen molar-refractivity contribution in [1.82, 2.24) is 9.44 Å². The zero-order chi connectivity index (χ0) is 14.3. The fourth-order valence-corrected chi connectivity index (χ4v) is 2.61. The molecule has 1 aromatic rings. The molecule has 0 aliphatic carbocycles. The Bertz CT molecular complexity index is 502. The third-order valence-electron chi connectivity index (χ3n) is 2.42. The molecule has 0 fully saturated rings. The highest BCUT2D eigenvalue weighted by Gasteiger charge is 2.23. The SMILES string of the molecule is CCCNS(=O)(=O)NC(Cc1ccccc1)C(=O)O. The van der Waals surface area contributed by atoms with Gasteiger partial charge >= 0.3 is 5.97 Å². The second-order valence-electron chi connectivity index (χ2n) is 4.10. The van der Waals surface area contributed by atoms with Crippen molar-refractivity contribution in [3.8, 4) is 0 Å². The first-order valence-corrected chi connectivity index (χ1v) is 7.46. The van der Waals surface area contributed by atoms with Gasteiger partial charge in [-0.05, 0) is 18.4 Å². The van der Waals surface area contributed by atoms with Crippen LogP contribution in [0.3, 0.4) is 0 Å². The number of aliphatic carboxylic acids is 1. The molecule has 0 amide bonds. The molecule has 19 heavy (non-hydrogen) atoms. The number of benzene rings is 1. The summed E-state index contributed by atoms with van der Waals surface area (Å²) in [6.07, 6.45) is 0.737. The third kappa shape index (κ3) is 5.82. The Kier molecular flexibility index (Phi) is 5.94. The number of hydrogen-bond acceptors (Lipinski definition) is 3. The molecule has 0 saturated carbocycles. The topological polar surface area (TPSA) is 95.5 Å². The fourth-order valence-electron chi connectivity index (χ4n) is 1.49. The lowest BCUT2D eigenvalue weighted by Gasteiger charge is -2.15. The number of rotatable bonds is 8. The quantitative estimate of drug-likeness (QED) is 0.649. The van der Waals surface area contributed by atoms with E-state index >= 15 is 0 Å². The Hall–Kier alpha value is -1.44. The Morgan fingerprint density at radius 3 is 2.47 bits per heavy atom. The van der Waals surface area contributed by atoms with Gasteiger partial charge in [0.25, 0.3) is 10.2 Å². The van der Waals surface area contributed by atoms with E-state index in [1.54, 1.807) is 24.3 Å². The standard InChI is InChI=1S/C12H18N2O4S/c1-2-8-13-19(17,18)14-11(12(15)16)9-10-6-4-3-5-7-10/h3-7,11,13-14H,2,8-9H2,1H3,(H,15,16). The Morgan fingerprint density at radius 2 is 1.95 bits per heavy atom. The van der Waals surface area contributed by atoms with E-state index in [1.165, 1.54) is 0 Å². The molecule has 3 N–H and O–H groups in total. The first kappa shape index (κ1) is 15.6. The molecular weight excluding hydrogens is 268 g/mol. The van der Waals surface area contributed by atoms with Crippen molar-refractivity contribution < 1.29 is 18.3 Å². The van der Waals surface area contributed by atoms with Gasteiger partial charge in [-0.2, -0.15) is 13.1 Å². The van der Waals surface area contributed by atoms with Crippen LogP contribution < -0.4 is 9.44 Å². The van der Waals surface area contributed by atoms with Gasteiger partial charge in [-0.25, -0.2) is 4.72 Å². The van der Waals surface area contributed by atoms with Gasteiger partial charge in [-0.1, -0.05) is 37.3 Å². The van der Waals surface area contributed by atoms with Crippen LogP contribution >= 0.6 is 0 Å². The normalized spacial score (nSPS) is 13.1. The van der Waals surface area contributed by atoms with E-state index < -0.39 is 22.2 Å². The lowest BCUT2D eigenvalue weighted by molar-refractivity contribution is -0.138. The van der Waals surface area contributed by atoms with Gasteiger partial charge in [0.2, 0.25) is 0 Å². The first-order valence-electron chi connectivity index (χ1n) is 5.98. The maximum absolute atomic E-state index is 11.6. The van der Waals surface area contributed by atoms with Crippen LogP contribution in [0, 0.1) is 0 Å². The second-order valence-corrected chi connectivity index (χ2v) is 5.63. The molecule has 1 atom stereocenters. The van der Waals surface area contributed by atoms with Crippen molar-refractivity contribution in [2.75, 3.05) is 6.54 Å². The van der Waals surface area contributed by atoms with Crippen molar-refractivity contribution in [3.05, 3.63) is 35.9 Å². The number of carbonyl (C=O) groups is 1. The van der Waals surface area contributed by atoms with E-state index in [-0.39, 0.29) is 13.0 Å². The molecule has 0 spiro atoms. The summed E-state index contributed by atoms with van der Waals surface area (Å²) in [6.45, 7) is 2.09. The molecule has 1 aromatic carbocycles. The second kappa shape index (κ2) is 7.22. The van der Waals surface area contributed by atoms with Crippen molar-refractivity contribution in [3.63, 3.8) is 0 Å². The predicted molar refractivity (Wildman–Crippen MR) is 71.9 cm³/mol. The summed E-state index contributed by atoms with van der Waals surface area (Å²) in [5, 5.41) is 9.07. The molecule has 0 heterocycles.